The molecular formula is C19H19NO5. The van der Waals surface area contributed by atoms with Crippen LogP contribution in [0, 0.1) is 0 Å². The molecule has 0 radical (unpaired) electrons. The van der Waals surface area contributed by atoms with E-state index in [4.69, 9.17) is 4.74 Å². The third kappa shape index (κ3) is 4.23. The molecular weight excluding hydrogens is 322 g/mol. The van der Waals surface area contributed by atoms with Crippen LogP contribution >= 0.6 is 0 Å². The Morgan fingerprint density at radius 2 is 1.56 bits per heavy atom. The number of anilines is 1. The SMILES string of the molecule is COC(=O)c1ccc(C(=O)OC)c(NC(=O)C(C)c2ccccc2)c1. The van der Waals surface area contributed by atoms with E-state index in [0.29, 0.717) is 0 Å². The summed E-state index contributed by atoms with van der Waals surface area (Å²) in [5.41, 5.74) is 1.41. The molecule has 2 aromatic carbocycles. The van der Waals surface area contributed by atoms with Crippen LogP contribution < -0.4 is 5.32 Å². The van der Waals surface area contributed by atoms with Gasteiger partial charge in [-0.3, -0.25) is 4.79 Å². The fourth-order valence-corrected chi connectivity index (χ4v) is 2.31. The molecule has 0 aliphatic rings. The lowest BCUT2D eigenvalue weighted by Gasteiger charge is -2.15. The lowest BCUT2D eigenvalue weighted by Crippen LogP contribution is -2.21. The highest BCUT2D eigenvalue weighted by atomic mass is 16.5. The normalized spacial score (nSPS) is 11.3. The summed E-state index contributed by atoms with van der Waals surface area (Å²) < 4.78 is 9.40. The van der Waals surface area contributed by atoms with Crippen molar-refractivity contribution >= 4 is 23.5 Å². The molecule has 0 fully saturated rings. The molecule has 6 nitrogen and oxygen atoms in total. The summed E-state index contributed by atoms with van der Waals surface area (Å²) in [5.74, 6) is -1.92. The minimum absolute atomic E-state index is 0.156. The second-order valence-electron chi connectivity index (χ2n) is 5.37. The molecule has 0 aromatic heterocycles. The van der Waals surface area contributed by atoms with E-state index in [9.17, 15) is 14.4 Å². The van der Waals surface area contributed by atoms with E-state index in [-0.39, 0.29) is 22.7 Å². The summed E-state index contributed by atoms with van der Waals surface area (Å²) in [6, 6.07) is 13.5. The summed E-state index contributed by atoms with van der Waals surface area (Å²) in [6.45, 7) is 1.76. The van der Waals surface area contributed by atoms with Crippen molar-refractivity contribution in [1.82, 2.24) is 0 Å². The van der Waals surface area contributed by atoms with Crippen molar-refractivity contribution in [3.8, 4) is 0 Å². The van der Waals surface area contributed by atoms with Crippen LogP contribution in [0.2, 0.25) is 0 Å². The number of benzene rings is 2. The van der Waals surface area contributed by atoms with Crippen LogP contribution in [0.3, 0.4) is 0 Å². The second-order valence-corrected chi connectivity index (χ2v) is 5.37. The zero-order chi connectivity index (χ0) is 18.4. The molecule has 0 aliphatic carbocycles. The maximum absolute atomic E-state index is 12.5. The highest BCUT2D eigenvalue weighted by Gasteiger charge is 2.20. The minimum atomic E-state index is -0.612. The Morgan fingerprint density at radius 1 is 0.920 bits per heavy atom. The molecule has 0 spiro atoms. The number of carbonyl (C=O) groups is 3. The predicted molar refractivity (Wildman–Crippen MR) is 92.6 cm³/mol. The summed E-state index contributed by atoms with van der Waals surface area (Å²) >= 11 is 0. The van der Waals surface area contributed by atoms with Crippen molar-refractivity contribution in [3.63, 3.8) is 0 Å². The first-order valence-corrected chi connectivity index (χ1v) is 7.64. The van der Waals surface area contributed by atoms with Gasteiger partial charge >= 0.3 is 11.9 Å². The number of ether oxygens (including phenoxy) is 2. The van der Waals surface area contributed by atoms with Crippen molar-refractivity contribution < 1.29 is 23.9 Å². The Bertz CT molecular complexity index is 786. The molecule has 1 N–H and O–H groups in total. The van der Waals surface area contributed by atoms with E-state index < -0.39 is 17.9 Å². The van der Waals surface area contributed by atoms with Crippen LogP contribution in [0.25, 0.3) is 0 Å². The third-order valence-electron chi connectivity index (χ3n) is 3.80. The van der Waals surface area contributed by atoms with Crippen LogP contribution in [-0.2, 0) is 14.3 Å². The maximum atomic E-state index is 12.5. The van der Waals surface area contributed by atoms with Gasteiger partial charge in [0.25, 0.3) is 0 Å². The van der Waals surface area contributed by atoms with Crippen molar-refractivity contribution in [2.24, 2.45) is 0 Å². The molecule has 2 rings (SSSR count). The molecule has 2 aromatic rings. The van der Waals surface area contributed by atoms with Gasteiger partial charge in [0.05, 0.1) is 37.0 Å². The molecule has 1 amide bonds. The third-order valence-corrected chi connectivity index (χ3v) is 3.80. The predicted octanol–water partition coefficient (Wildman–Crippen LogP) is 3.00. The Labute approximate surface area is 145 Å². The summed E-state index contributed by atoms with van der Waals surface area (Å²) in [4.78, 5) is 36.2. The van der Waals surface area contributed by atoms with Crippen LogP contribution in [0.15, 0.2) is 48.5 Å². The minimum Gasteiger partial charge on any atom is -0.465 e. The molecule has 0 bridgehead atoms. The first-order chi connectivity index (χ1) is 12.0. The Balaban J connectivity index is 2.33. The highest BCUT2D eigenvalue weighted by Crippen LogP contribution is 2.23. The largest absolute Gasteiger partial charge is 0.465 e. The molecule has 0 aliphatic heterocycles. The lowest BCUT2D eigenvalue weighted by atomic mass is 10.00. The van der Waals surface area contributed by atoms with Gasteiger partial charge in [-0.25, -0.2) is 9.59 Å². The standard InChI is InChI=1S/C19H19NO5/c1-12(13-7-5-4-6-8-13)17(21)20-16-11-14(18(22)24-2)9-10-15(16)19(23)25-3/h4-12H,1-3H3,(H,20,21). The molecule has 0 saturated carbocycles. The number of esters is 2. The van der Waals surface area contributed by atoms with Crippen LogP contribution in [0.1, 0.15) is 39.1 Å². The number of nitrogens with one attached hydrogen (secondary N) is 1. The van der Waals surface area contributed by atoms with Gasteiger partial charge in [-0.15, -0.1) is 0 Å². The van der Waals surface area contributed by atoms with Crippen molar-refractivity contribution in [2.75, 3.05) is 19.5 Å². The average Bonchev–Trinajstić information content (AvgIpc) is 2.66. The van der Waals surface area contributed by atoms with Gasteiger partial charge in [-0.05, 0) is 30.7 Å². The van der Waals surface area contributed by atoms with E-state index >= 15 is 0 Å². The number of methoxy groups -OCH3 is 2. The van der Waals surface area contributed by atoms with Crippen LogP contribution in [0.4, 0.5) is 5.69 Å². The summed E-state index contributed by atoms with van der Waals surface area (Å²) in [6.07, 6.45) is 0. The average molecular weight is 341 g/mol. The first-order valence-electron chi connectivity index (χ1n) is 7.64. The summed E-state index contributed by atoms with van der Waals surface area (Å²) in [5, 5.41) is 2.70. The zero-order valence-corrected chi connectivity index (χ0v) is 14.2. The Morgan fingerprint density at radius 3 is 2.16 bits per heavy atom. The number of rotatable bonds is 5. The molecule has 1 unspecified atom stereocenters. The monoisotopic (exact) mass is 341 g/mol. The van der Waals surface area contributed by atoms with Crippen LogP contribution in [0.5, 0.6) is 0 Å². The fraction of sp³-hybridized carbons (Fsp3) is 0.211. The molecule has 1 atom stereocenters. The van der Waals surface area contributed by atoms with Crippen molar-refractivity contribution in [3.05, 3.63) is 65.2 Å². The van der Waals surface area contributed by atoms with E-state index in [1.165, 1.54) is 32.4 Å². The van der Waals surface area contributed by atoms with Gasteiger partial charge in [0.1, 0.15) is 0 Å². The van der Waals surface area contributed by atoms with E-state index in [1.807, 2.05) is 30.3 Å². The van der Waals surface area contributed by atoms with E-state index in [2.05, 4.69) is 10.1 Å². The van der Waals surface area contributed by atoms with Crippen molar-refractivity contribution in [1.29, 1.82) is 0 Å². The van der Waals surface area contributed by atoms with Gasteiger partial charge in [0.2, 0.25) is 5.91 Å². The van der Waals surface area contributed by atoms with Crippen molar-refractivity contribution in [2.45, 2.75) is 12.8 Å². The second kappa shape index (κ2) is 8.10. The van der Waals surface area contributed by atoms with Gasteiger partial charge in [0, 0.05) is 0 Å². The molecule has 0 heterocycles. The fourth-order valence-electron chi connectivity index (χ4n) is 2.31. The van der Waals surface area contributed by atoms with Gasteiger partial charge in [-0.2, -0.15) is 0 Å². The number of carbonyl (C=O) groups excluding carboxylic acids is 3. The lowest BCUT2D eigenvalue weighted by molar-refractivity contribution is -0.117. The number of hydrogen-bond acceptors (Lipinski definition) is 5. The van der Waals surface area contributed by atoms with E-state index in [0.717, 1.165) is 5.56 Å². The Hall–Kier alpha value is -3.15. The molecule has 0 saturated heterocycles. The molecule has 25 heavy (non-hydrogen) atoms. The molecule has 130 valence electrons. The van der Waals surface area contributed by atoms with Crippen LogP contribution in [-0.4, -0.2) is 32.1 Å². The topological polar surface area (TPSA) is 81.7 Å². The van der Waals surface area contributed by atoms with Gasteiger partial charge in [0.15, 0.2) is 0 Å². The number of hydrogen-bond donors (Lipinski definition) is 1. The van der Waals surface area contributed by atoms with E-state index in [1.54, 1.807) is 6.92 Å². The van der Waals surface area contributed by atoms with Gasteiger partial charge in [-0.1, -0.05) is 30.3 Å². The van der Waals surface area contributed by atoms with Gasteiger partial charge < -0.3 is 14.8 Å². The number of amides is 1. The zero-order valence-electron chi connectivity index (χ0n) is 14.2. The highest BCUT2D eigenvalue weighted by molar-refractivity contribution is 6.04. The quantitative estimate of drug-likeness (QED) is 0.846. The Kier molecular flexibility index (Phi) is 5.89. The maximum Gasteiger partial charge on any atom is 0.339 e. The first kappa shape index (κ1) is 18.2. The smallest absolute Gasteiger partial charge is 0.339 e. The summed E-state index contributed by atoms with van der Waals surface area (Å²) in [7, 11) is 2.50. The molecule has 6 heteroatoms.